The molecule has 1 aliphatic heterocycles. The summed E-state index contributed by atoms with van der Waals surface area (Å²) < 4.78 is 1.05. The zero-order chi connectivity index (χ0) is 14.8. The predicted molar refractivity (Wildman–Crippen MR) is 83.6 cm³/mol. The van der Waals surface area contributed by atoms with Gasteiger partial charge in [0.05, 0.1) is 21.8 Å². The minimum absolute atomic E-state index is 0.0852. The van der Waals surface area contributed by atoms with Crippen LogP contribution in [0.5, 0.6) is 0 Å². The van der Waals surface area contributed by atoms with E-state index in [9.17, 15) is 9.90 Å². The molecule has 1 N–H and O–H groups in total. The first-order chi connectivity index (χ1) is 10.1. The van der Waals surface area contributed by atoms with Crippen LogP contribution in [0, 0.1) is 0 Å². The standard InChI is InChI=1S/C15H19N3O2S/c1-11(19)9-17-4-6-18(7-5-17)15(20)12-2-3-13-14(8-12)21-10-16-13/h2-3,8,10-11,19H,4-7,9H2,1H3/t11-/m1/s1. The molecule has 21 heavy (non-hydrogen) atoms. The van der Waals surface area contributed by atoms with E-state index in [4.69, 9.17) is 0 Å². The monoisotopic (exact) mass is 305 g/mol. The van der Waals surface area contributed by atoms with Crippen LogP contribution in [0.3, 0.4) is 0 Å². The first-order valence-electron chi connectivity index (χ1n) is 7.16. The highest BCUT2D eigenvalue weighted by atomic mass is 32.1. The van der Waals surface area contributed by atoms with Crippen LogP contribution in [-0.4, -0.2) is 64.6 Å². The number of thiazole rings is 1. The Morgan fingerprint density at radius 3 is 2.86 bits per heavy atom. The third-order valence-corrected chi connectivity index (χ3v) is 4.55. The second-order valence-corrected chi connectivity index (χ2v) is 6.36. The van der Waals surface area contributed by atoms with Crippen LogP contribution in [0.2, 0.25) is 0 Å². The quantitative estimate of drug-likeness (QED) is 0.932. The lowest BCUT2D eigenvalue weighted by Gasteiger charge is -2.35. The number of piperazine rings is 1. The smallest absolute Gasteiger partial charge is 0.253 e. The number of carbonyl (C=O) groups excluding carboxylic acids is 1. The lowest BCUT2D eigenvalue weighted by molar-refractivity contribution is 0.0554. The average Bonchev–Trinajstić information content (AvgIpc) is 2.94. The summed E-state index contributed by atoms with van der Waals surface area (Å²) >= 11 is 1.55. The summed E-state index contributed by atoms with van der Waals surface area (Å²) in [4.78, 5) is 20.9. The van der Waals surface area contributed by atoms with Crippen LogP contribution in [0.1, 0.15) is 17.3 Å². The molecule has 0 bridgehead atoms. The van der Waals surface area contributed by atoms with Gasteiger partial charge in [-0.3, -0.25) is 9.69 Å². The molecule has 112 valence electrons. The molecule has 0 saturated carbocycles. The minimum Gasteiger partial charge on any atom is -0.392 e. The largest absolute Gasteiger partial charge is 0.392 e. The molecule has 5 nitrogen and oxygen atoms in total. The first-order valence-corrected chi connectivity index (χ1v) is 8.04. The molecule has 3 rings (SSSR count). The van der Waals surface area contributed by atoms with Crippen molar-refractivity contribution in [3.8, 4) is 0 Å². The third-order valence-electron chi connectivity index (χ3n) is 3.76. The third kappa shape index (κ3) is 3.23. The molecular weight excluding hydrogens is 286 g/mol. The number of rotatable bonds is 3. The van der Waals surface area contributed by atoms with Crippen molar-refractivity contribution >= 4 is 27.5 Å². The number of benzene rings is 1. The molecule has 2 heterocycles. The fourth-order valence-corrected chi connectivity index (χ4v) is 3.39. The van der Waals surface area contributed by atoms with Crippen molar-refractivity contribution in [1.29, 1.82) is 0 Å². The molecule has 0 unspecified atom stereocenters. The van der Waals surface area contributed by atoms with Crippen LogP contribution in [0.4, 0.5) is 0 Å². The number of β-amino-alcohol motifs (C(OH)–C–C–N with tert-alkyl or cyclic N) is 1. The van der Waals surface area contributed by atoms with Gasteiger partial charge in [0, 0.05) is 38.3 Å². The number of hydrogen-bond acceptors (Lipinski definition) is 5. The van der Waals surface area contributed by atoms with Gasteiger partial charge in [0.2, 0.25) is 0 Å². The van der Waals surface area contributed by atoms with Gasteiger partial charge in [-0.15, -0.1) is 11.3 Å². The van der Waals surface area contributed by atoms with Gasteiger partial charge in [-0.25, -0.2) is 4.98 Å². The van der Waals surface area contributed by atoms with Crippen molar-refractivity contribution < 1.29 is 9.90 Å². The number of amides is 1. The Balaban J connectivity index is 1.66. The van der Waals surface area contributed by atoms with E-state index in [2.05, 4.69) is 9.88 Å². The highest BCUT2D eigenvalue weighted by Gasteiger charge is 2.22. The summed E-state index contributed by atoms with van der Waals surface area (Å²) in [6, 6.07) is 5.69. The summed E-state index contributed by atoms with van der Waals surface area (Å²) in [5, 5.41) is 9.41. The molecule has 1 aromatic heterocycles. The highest BCUT2D eigenvalue weighted by Crippen LogP contribution is 2.20. The number of nitrogens with zero attached hydrogens (tertiary/aromatic N) is 3. The molecule has 2 aromatic rings. The van der Waals surface area contributed by atoms with E-state index in [1.165, 1.54) is 0 Å². The molecule has 1 saturated heterocycles. The van der Waals surface area contributed by atoms with E-state index in [0.717, 1.165) is 28.9 Å². The SMILES string of the molecule is C[C@@H](O)CN1CCN(C(=O)c2ccc3ncsc3c2)CC1. The van der Waals surface area contributed by atoms with Gasteiger partial charge in [-0.1, -0.05) is 0 Å². The lowest BCUT2D eigenvalue weighted by Crippen LogP contribution is -2.50. The number of aromatic nitrogens is 1. The van der Waals surface area contributed by atoms with E-state index < -0.39 is 0 Å². The van der Waals surface area contributed by atoms with Crippen molar-refractivity contribution in [1.82, 2.24) is 14.8 Å². The van der Waals surface area contributed by atoms with E-state index in [0.29, 0.717) is 19.6 Å². The maximum absolute atomic E-state index is 12.5. The van der Waals surface area contributed by atoms with E-state index in [1.54, 1.807) is 23.8 Å². The minimum atomic E-state index is -0.319. The van der Waals surface area contributed by atoms with Crippen LogP contribution >= 0.6 is 11.3 Å². The van der Waals surface area contributed by atoms with Crippen LogP contribution < -0.4 is 0 Å². The maximum Gasteiger partial charge on any atom is 0.253 e. The molecule has 1 fully saturated rings. The average molecular weight is 305 g/mol. The van der Waals surface area contributed by atoms with Crippen molar-refractivity contribution in [2.75, 3.05) is 32.7 Å². The second kappa shape index (κ2) is 6.09. The Bertz CT molecular complexity index is 633. The normalized spacial score (nSPS) is 18.1. The summed E-state index contributed by atoms with van der Waals surface area (Å²) in [5.41, 5.74) is 3.47. The number of fused-ring (bicyclic) bond motifs is 1. The summed E-state index contributed by atoms with van der Waals surface area (Å²) in [6.07, 6.45) is -0.319. The fraction of sp³-hybridized carbons (Fsp3) is 0.467. The zero-order valence-corrected chi connectivity index (χ0v) is 12.8. The van der Waals surface area contributed by atoms with Crippen molar-refractivity contribution in [2.45, 2.75) is 13.0 Å². The van der Waals surface area contributed by atoms with Gasteiger partial charge in [0.15, 0.2) is 0 Å². The second-order valence-electron chi connectivity index (χ2n) is 5.48. The molecule has 0 aliphatic carbocycles. The predicted octanol–water partition coefficient (Wildman–Crippen LogP) is 1.43. The van der Waals surface area contributed by atoms with Crippen LogP contribution in [0.25, 0.3) is 10.2 Å². The van der Waals surface area contributed by atoms with Gasteiger partial charge in [-0.2, -0.15) is 0 Å². The molecule has 1 atom stereocenters. The molecule has 0 radical (unpaired) electrons. The zero-order valence-electron chi connectivity index (χ0n) is 12.0. The lowest BCUT2D eigenvalue weighted by atomic mass is 10.1. The number of hydrogen-bond donors (Lipinski definition) is 1. The fourth-order valence-electron chi connectivity index (χ4n) is 2.68. The Morgan fingerprint density at radius 1 is 1.38 bits per heavy atom. The summed E-state index contributed by atoms with van der Waals surface area (Å²) in [5.74, 6) is 0.0852. The van der Waals surface area contributed by atoms with Gasteiger partial charge >= 0.3 is 0 Å². The van der Waals surface area contributed by atoms with Crippen LogP contribution in [0.15, 0.2) is 23.7 Å². The Hall–Kier alpha value is -1.50. The van der Waals surface area contributed by atoms with Crippen molar-refractivity contribution in [3.05, 3.63) is 29.3 Å². The number of aliphatic hydroxyl groups excluding tert-OH is 1. The number of carbonyl (C=O) groups is 1. The molecular formula is C15H19N3O2S. The highest BCUT2D eigenvalue weighted by molar-refractivity contribution is 7.16. The Labute approximate surface area is 127 Å². The van der Waals surface area contributed by atoms with Crippen molar-refractivity contribution in [3.63, 3.8) is 0 Å². The topological polar surface area (TPSA) is 56.7 Å². The summed E-state index contributed by atoms with van der Waals surface area (Å²) in [7, 11) is 0. The molecule has 6 heteroatoms. The first kappa shape index (κ1) is 14.4. The van der Waals surface area contributed by atoms with Gasteiger partial charge in [0.25, 0.3) is 5.91 Å². The van der Waals surface area contributed by atoms with Gasteiger partial charge < -0.3 is 10.0 Å². The van der Waals surface area contributed by atoms with E-state index in [-0.39, 0.29) is 12.0 Å². The maximum atomic E-state index is 12.5. The molecule has 1 amide bonds. The van der Waals surface area contributed by atoms with E-state index in [1.807, 2.05) is 23.1 Å². The van der Waals surface area contributed by atoms with E-state index >= 15 is 0 Å². The van der Waals surface area contributed by atoms with Gasteiger partial charge in [0.1, 0.15) is 0 Å². The van der Waals surface area contributed by atoms with Crippen LogP contribution in [-0.2, 0) is 0 Å². The molecule has 1 aliphatic rings. The molecule has 1 aromatic carbocycles. The summed E-state index contributed by atoms with van der Waals surface area (Å²) in [6.45, 7) is 5.54. The Morgan fingerprint density at radius 2 is 2.14 bits per heavy atom. The molecule has 0 spiro atoms. The number of aliphatic hydroxyl groups is 1. The van der Waals surface area contributed by atoms with Gasteiger partial charge in [-0.05, 0) is 25.1 Å². The Kier molecular flexibility index (Phi) is 4.19. The van der Waals surface area contributed by atoms with Crippen molar-refractivity contribution in [2.24, 2.45) is 0 Å².